The maximum atomic E-state index is 11.7. The van der Waals surface area contributed by atoms with Crippen molar-refractivity contribution < 1.29 is 14.6 Å². The van der Waals surface area contributed by atoms with Crippen molar-refractivity contribution in [1.82, 2.24) is 4.57 Å². The van der Waals surface area contributed by atoms with Crippen LogP contribution in [0.15, 0.2) is 84.9 Å². The van der Waals surface area contributed by atoms with Crippen LogP contribution in [0, 0.1) is 0 Å². The van der Waals surface area contributed by atoms with Crippen LogP contribution in [0.1, 0.15) is 21.6 Å². The van der Waals surface area contributed by atoms with Crippen molar-refractivity contribution in [3.05, 3.63) is 102 Å². The Bertz CT molecular complexity index is 1070. The van der Waals surface area contributed by atoms with Gasteiger partial charge in [-0.05, 0) is 29.3 Å². The molecule has 134 valence electrons. The average molecular weight is 357 g/mol. The van der Waals surface area contributed by atoms with E-state index in [-0.39, 0.29) is 5.69 Å². The quantitative estimate of drug-likeness (QED) is 0.530. The van der Waals surface area contributed by atoms with Crippen LogP contribution >= 0.6 is 0 Å². The van der Waals surface area contributed by atoms with E-state index in [2.05, 4.69) is 0 Å². The topological polar surface area (TPSA) is 51.5 Å². The monoisotopic (exact) mass is 357 g/mol. The summed E-state index contributed by atoms with van der Waals surface area (Å²) in [5, 5.41) is 10.5. The molecule has 4 heteroatoms. The fourth-order valence-corrected chi connectivity index (χ4v) is 3.18. The fourth-order valence-electron chi connectivity index (χ4n) is 3.18. The summed E-state index contributed by atoms with van der Waals surface area (Å²) in [6.45, 7) is 0.964. The molecular formula is C23H19NO3. The minimum Gasteiger partial charge on any atom is -0.489 e. The van der Waals surface area contributed by atoms with E-state index in [1.54, 1.807) is 6.07 Å². The number of aromatic carboxylic acids is 1. The number of aromatic nitrogens is 1. The summed E-state index contributed by atoms with van der Waals surface area (Å²) in [5.74, 6) is -0.218. The van der Waals surface area contributed by atoms with E-state index >= 15 is 0 Å². The molecule has 0 saturated heterocycles. The summed E-state index contributed by atoms with van der Waals surface area (Å²) in [7, 11) is 0. The van der Waals surface area contributed by atoms with Crippen molar-refractivity contribution >= 4 is 16.9 Å². The maximum absolute atomic E-state index is 11.7. The number of fused-ring (bicyclic) bond motifs is 1. The summed E-state index contributed by atoms with van der Waals surface area (Å²) < 4.78 is 7.74. The minimum absolute atomic E-state index is 0.272. The van der Waals surface area contributed by atoms with Crippen molar-refractivity contribution in [3.63, 3.8) is 0 Å². The van der Waals surface area contributed by atoms with Crippen LogP contribution in [0.5, 0.6) is 5.75 Å². The Balaban J connectivity index is 1.68. The van der Waals surface area contributed by atoms with E-state index in [4.69, 9.17) is 4.74 Å². The van der Waals surface area contributed by atoms with Crippen molar-refractivity contribution in [3.8, 4) is 5.75 Å². The molecule has 0 radical (unpaired) electrons. The number of nitrogens with zero attached hydrogens (tertiary/aromatic N) is 1. The standard InChI is InChI=1S/C23H19NO3/c25-23(26)22-13-19-11-12-20(27-16-18-9-5-2-6-10-18)14-21(19)24(22)15-17-7-3-1-4-8-17/h1-14H,15-16H2,(H,25,26). The van der Waals surface area contributed by atoms with Crippen LogP contribution in [0.4, 0.5) is 0 Å². The minimum atomic E-state index is -0.936. The van der Waals surface area contributed by atoms with E-state index in [1.807, 2.05) is 83.4 Å². The molecule has 0 saturated carbocycles. The molecule has 0 spiro atoms. The van der Waals surface area contributed by atoms with Gasteiger partial charge in [-0.1, -0.05) is 60.7 Å². The first-order chi connectivity index (χ1) is 13.2. The molecule has 1 aromatic heterocycles. The van der Waals surface area contributed by atoms with Crippen LogP contribution < -0.4 is 4.74 Å². The predicted molar refractivity (Wildman–Crippen MR) is 105 cm³/mol. The van der Waals surface area contributed by atoms with Crippen molar-refractivity contribution in [1.29, 1.82) is 0 Å². The van der Waals surface area contributed by atoms with E-state index in [0.717, 1.165) is 27.8 Å². The zero-order valence-electron chi connectivity index (χ0n) is 14.7. The molecule has 0 unspecified atom stereocenters. The molecule has 4 aromatic rings. The number of hydrogen-bond donors (Lipinski definition) is 1. The normalized spacial score (nSPS) is 10.8. The molecular weight excluding hydrogens is 338 g/mol. The molecule has 27 heavy (non-hydrogen) atoms. The lowest BCUT2D eigenvalue weighted by atomic mass is 10.2. The Labute approximate surface area is 157 Å². The highest BCUT2D eigenvalue weighted by Gasteiger charge is 2.15. The molecule has 0 aliphatic carbocycles. The third-order valence-electron chi connectivity index (χ3n) is 4.53. The largest absolute Gasteiger partial charge is 0.489 e. The Morgan fingerprint density at radius 2 is 1.52 bits per heavy atom. The average Bonchev–Trinajstić information content (AvgIpc) is 3.06. The molecule has 0 fully saturated rings. The van der Waals surface area contributed by atoms with Gasteiger partial charge in [-0.25, -0.2) is 4.79 Å². The molecule has 0 aliphatic heterocycles. The number of ether oxygens (including phenoxy) is 1. The number of carboxylic acid groups (broad SMARTS) is 1. The molecule has 0 atom stereocenters. The SMILES string of the molecule is O=C(O)c1cc2ccc(OCc3ccccc3)cc2n1Cc1ccccc1. The summed E-state index contributed by atoms with van der Waals surface area (Å²) in [6.07, 6.45) is 0. The first kappa shape index (κ1) is 16.9. The second-order valence-electron chi connectivity index (χ2n) is 6.40. The zero-order valence-corrected chi connectivity index (χ0v) is 14.7. The molecule has 0 aliphatic rings. The van der Waals surface area contributed by atoms with Gasteiger partial charge in [0, 0.05) is 18.0 Å². The summed E-state index contributed by atoms with van der Waals surface area (Å²) in [5.41, 5.74) is 3.26. The molecule has 1 heterocycles. The van der Waals surface area contributed by atoms with Gasteiger partial charge in [0.15, 0.2) is 0 Å². The molecule has 0 bridgehead atoms. The lowest BCUT2D eigenvalue weighted by molar-refractivity contribution is 0.0686. The smallest absolute Gasteiger partial charge is 0.352 e. The third-order valence-corrected chi connectivity index (χ3v) is 4.53. The van der Waals surface area contributed by atoms with Crippen LogP contribution in [0.25, 0.3) is 10.9 Å². The first-order valence-electron chi connectivity index (χ1n) is 8.78. The second kappa shape index (κ2) is 7.38. The Kier molecular flexibility index (Phi) is 4.62. The molecule has 3 aromatic carbocycles. The van der Waals surface area contributed by atoms with Crippen molar-refractivity contribution in [2.45, 2.75) is 13.2 Å². The van der Waals surface area contributed by atoms with E-state index in [1.165, 1.54) is 0 Å². The van der Waals surface area contributed by atoms with Gasteiger partial charge in [-0.3, -0.25) is 0 Å². The summed E-state index contributed by atoms with van der Waals surface area (Å²) in [6, 6.07) is 27.2. The molecule has 4 nitrogen and oxygen atoms in total. The van der Waals surface area contributed by atoms with Crippen LogP contribution in [-0.2, 0) is 13.2 Å². The van der Waals surface area contributed by atoms with Gasteiger partial charge in [-0.2, -0.15) is 0 Å². The first-order valence-corrected chi connectivity index (χ1v) is 8.78. The third kappa shape index (κ3) is 3.70. The van der Waals surface area contributed by atoms with Gasteiger partial charge in [0.25, 0.3) is 0 Å². The zero-order chi connectivity index (χ0) is 18.6. The molecule has 4 rings (SSSR count). The number of rotatable bonds is 6. The number of benzene rings is 3. The van der Waals surface area contributed by atoms with E-state index in [0.29, 0.717) is 13.2 Å². The van der Waals surface area contributed by atoms with Gasteiger partial charge in [-0.15, -0.1) is 0 Å². The highest BCUT2D eigenvalue weighted by molar-refractivity contribution is 5.95. The second-order valence-corrected chi connectivity index (χ2v) is 6.40. The summed E-state index contributed by atoms with van der Waals surface area (Å²) >= 11 is 0. The Morgan fingerprint density at radius 3 is 2.19 bits per heavy atom. The van der Waals surface area contributed by atoms with Gasteiger partial charge in [0.2, 0.25) is 0 Å². The number of carboxylic acids is 1. The van der Waals surface area contributed by atoms with Crippen LogP contribution in [0.3, 0.4) is 0 Å². The van der Waals surface area contributed by atoms with Gasteiger partial charge < -0.3 is 14.4 Å². The van der Waals surface area contributed by atoms with Crippen molar-refractivity contribution in [2.75, 3.05) is 0 Å². The summed E-state index contributed by atoms with van der Waals surface area (Å²) in [4.78, 5) is 11.7. The predicted octanol–water partition coefficient (Wildman–Crippen LogP) is 4.97. The number of carbonyl (C=O) groups is 1. The lowest BCUT2D eigenvalue weighted by Crippen LogP contribution is -2.09. The lowest BCUT2D eigenvalue weighted by Gasteiger charge is -2.10. The van der Waals surface area contributed by atoms with Gasteiger partial charge in [0.05, 0.1) is 5.52 Å². The van der Waals surface area contributed by atoms with Crippen LogP contribution in [0.2, 0.25) is 0 Å². The molecule has 0 amide bonds. The maximum Gasteiger partial charge on any atom is 0.352 e. The Hall–Kier alpha value is -3.53. The van der Waals surface area contributed by atoms with Gasteiger partial charge in [0.1, 0.15) is 18.1 Å². The highest BCUT2D eigenvalue weighted by Crippen LogP contribution is 2.26. The molecule has 1 N–H and O–H groups in total. The highest BCUT2D eigenvalue weighted by atomic mass is 16.5. The van der Waals surface area contributed by atoms with Crippen molar-refractivity contribution in [2.24, 2.45) is 0 Å². The fraction of sp³-hybridized carbons (Fsp3) is 0.0870. The van der Waals surface area contributed by atoms with Gasteiger partial charge >= 0.3 is 5.97 Å². The Morgan fingerprint density at radius 1 is 0.852 bits per heavy atom. The number of hydrogen-bond acceptors (Lipinski definition) is 2. The van der Waals surface area contributed by atoms with E-state index < -0.39 is 5.97 Å². The van der Waals surface area contributed by atoms with Crippen LogP contribution in [-0.4, -0.2) is 15.6 Å². The van der Waals surface area contributed by atoms with E-state index in [9.17, 15) is 9.90 Å².